The van der Waals surface area contributed by atoms with Gasteiger partial charge in [-0.2, -0.15) is 0 Å². The van der Waals surface area contributed by atoms with Crippen molar-refractivity contribution in [3.63, 3.8) is 0 Å². The first-order valence-electron chi connectivity index (χ1n) is 7.10. The summed E-state index contributed by atoms with van der Waals surface area (Å²) in [6.45, 7) is 8.81. The van der Waals surface area contributed by atoms with Crippen LogP contribution < -0.4 is 5.73 Å². The summed E-state index contributed by atoms with van der Waals surface area (Å²) in [5.41, 5.74) is 8.77. The van der Waals surface area contributed by atoms with E-state index in [0.29, 0.717) is 13.0 Å². The zero-order chi connectivity index (χ0) is 15.1. The Hall–Kier alpha value is -0.980. The van der Waals surface area contributed by atoms with E-state index >= 15 is 0 Å². The predicted molar refractivity (Wildman–Crippen MR) is 83.7 cm³/mol. The summed E-state index contributed by atoms with van der Waals surface area (Å²) in [6.07, 6.45) is 0.479. The van der Waals surface area contributed by atoms with E-state index in [0.717, 1.165) is 25.3 Å². The van der Waals surface area contributed by atoms with Crippen LogP contribution in [0.15, 0.2) is 5.51 Å². The Morgan fingerprint density at radius 3 is 2.55 bits per heavy atom. The highest BCUT2D eigenvalue weighted by Crippen LogP contribution is 2.16. The van der Waals surface area contributed by atoms with E-state index < -0.39 is 0 Å². The van der Waals surface area contributed by atoms with Crippen molar-refractivity contribution in [2.24, 2.45) is 5.73 Å². The molecule has 0 aromatic carbocycles. The Morgan fingerprint density at radius 1 is 1.45 bits per heavy atom. The first-order chi connectivity index (χ1) is 9.53. The third kappa shape index (κ3) is 4.54. The maximum Gasteiger partial charge on any atom is 0.224 e. The van der Waals surface area contributed by atoms with Crippen molar-refractivity contribution in [2.45, 2.75) is 39.8 Å². The summed E-state index contributed by atoms with van der Waals surface area (Å²) >= 11 is 1.65. The van der Waals surface area contributed by atoms with Crippen LogP contribution in [0, 0.1) is 6.92 Å². The fourth-order valence-electron chi connectivity index (χ4n) is 2.16. The molecule has 1 rings (SSSR count). The molecule has 1 aromatic rings. The van der Waals surface area contributed by atoms with E-state index in [4.69, 9.17) is 5.73 Å². The van der Waals surface area contributed by atoms with Gasteiger partial charge in [-0.15, -0.1) is 11.3 Å². The van der Waals surface area contributed by atoms with E-state index in [1.54, 1.807) is 11.3 Å². The normalized spacial score (nSPS) is 12.7. The van der Waals surface area contributed by atoms with E-state index in [1.807, 2.05) is 38.2 Å². The van der Waals surface area contributed by atoms with Crippen molar-refractivity contribution >= 4 is 17.2 Å². The SMILES string of the molecule is CCN(CC)C(=O)CC(CN)N(C)Cc1scnc1C. The van der Waals surface area contributed by atoms with Crippen molar-refractivity contribution in [3.05, 3.63) is 16.1 Å². The fourth-order valence-corrected chi connectivity index (χ4v) is 3.00. The second-order valence-electron chi connectivity index (χ2n) is 4.94. The van der Waals surface area contributed by atoms with Gasteiger partial charge in [0, 0.05) is 43.5 Å². The van der Waals surface area contributed by atoms with E-state index in [1.165, 1.54) is 4.88 Å². The largest absolute Gasteiger partial charge is 0.343 e. The second kappa shape index (κ2) is 8.34. The lowest BCUT2D eigenvalue weighted by Crippen LogP contribution is -2.42. The lowest BCUT2D eigenvalue weighted by molar-refractivity contribution is -0.132. The van der Waals surface area contributed by atoms with Crippen LogP contribution in [0.25, 0.3) is 0 Å². The Labute approximate surface area is 125 Å². The first-order valence-corrected chi connectivity index (χ1v) is 7.98. The maximum atomic E-state index is 12.2. The minimum atomic E-state index is 0.0737. The number of hydrogen-bond donors (Lipinski definition) is 1. The van der Waals surface area contributed by atoms with Crippen LogP contribution in [0.4, 0.5) is 0 Å². The molecule has 0 aliphatic heterocycles. The minimum absolute atomic E-state index is 0.0737. The van der Waals surface area contributed by atoms with Crippen LogP contribution >= 0.6 is 11.3 Å². The van der Waals surface area contributed by atoms with Gasteiger partial charge in [-0.25, -0.2) is 4.98 Å². The lowest BCUT2D eigenvalue weighted by atomic mass is 10.1. The summed E-state index contributed by atoms with van der Waals surface area (Å²) in [4.78, 5) is 21.7. The molecule has 0 aliphatic carbocycles. The average Bonchev–Trinajstić information content (AvgIpc) is 2.82. The Kier molecular flexibility index (Phi) is 7.12. The molecule has 114 valence electrons. The number of rotatable bonds is 8. The highest BCUT2D eigenvalue weighted by molar-refractivity contribution is 7.09. The van der Waals surface area contributed by atoms with Gasteiger partial charge >= 0.3 is 0 Å². The molecule has 0 bridgehead atoms. The van der Waals surface area contributed by atoms with Gasteiger partial charge in [0.15, 0.2) is 0 Å². The summed E-state index contributed by atoms with van der Waals surface area (Å²) < 4.78 is 0. The summed E-state index contributed by atoms with van der Waals surface area (Å²) in [5.74, 6) is 0.179. The number of aromatic nitrogens is 1. The number of carbonyl (C=O) groups is 1. The molecule has 0 radical (unpaired) electrons. The maximum absolute atomic E-state index is 12.2. The topological polar surface area (TPSA) is 62.5 Å². The molecule has 5 nitrogen and oxygen atoms in total. The zero-order valence-electron chi connectivity index (χ0n) is 12.9. The third-order valence-corrected chi connectivity index (χ3v) is 4.58. The van der Waals surface area contributed by atoms with Crippen molar-refractivity contribution in [3.8, 4) is 0 Å². The molecular formula is C14H26N4OS. The van der Waals surface area contributed by atoms with E-state index in [9.17, 15) is 4.79 Å². The van der Waals surface area contributed by atoms with Crippen LogP contribution in [-0.4, -0.2) is 53.4 Å². The molecule has 1 heterocycles. The zero-order valence-corrected chi connectivity index (χ0v) is 13.7. The number of aryl methyl sites for hydroxylation is 1. The molecule has 0 fully saturated rings. The molecule has 6 heteroatoms. The van der Waals surface area contributed by atoms with Gasteiger partial charge in [0.25, 0.3) is 0 Å². The van der Waals surface area contributed by atoms with Gasteiger partial charge in [0.2, 0.25) is 5.91 Å². The number of likely N-dealkylation sites (N-methyl/N-ethyl adjacent to an activating group) is 1. The van der Waals surface area contributed by atoms with Gasteiger partial charge < -0.3 is 10.6 Å². The van der Waals surface area contributed by atoms with Crippen LogP contribution in [0.1, 0.15) is 30.8 Å². The number of nitrogens with two attached hydrogens (primary N) is 1. The number of nitrogens with zero attached hydrogens (tertiary/aromatic N) is 3. The van der Waals surface area contributed by atoms with Gasteiger partial charge in [-0.05, 0) is 27.8 Å². The minimum Gasteiger partial charge on any atom is -0.343 e. The van der Waals surface area contributed by atoms with Crippen LogP contribution in [-0.2, 0) is 11.3 Å². The highest BCUT2D eigenvalue weighted by atomic mass is 32.1. The van der Waals surface area contributed by atoms with Gasteiger partial charge in [-0.3, -0.25) is 9.69 Å². The molecule has 1 atom stereocenters. The first kappa shape index (κ1) is 17.1. The predicted octanol–water partition coefficient (Wildman–Crippen LogP) is 1.47. The summed E-state index contributed by atoms with van der Waals surface area (Å²) in [6, 6.07) is 0.0737. The van der Waals surface area contributed by atoms with Crippen molar-refractivity contribution < 1.29 is 4.79 Å². The molecule has 0 aliphatic rings. The quantitative estimate of drug-likeness (QED) is 0.789. The molecule has 1 aromatic heterocycles. The Bertz CT molecular complexity index is 417. The molecule has 0 spiro atoms. The Balaban J connectivity index is 2.61. The summed E-state index contributed by atoms with van der Waals surface area (Å²) in [5, 5.41) is 0. The van der Waals surface area contributed by atoms with Crippen molar-refractivity contribution in [1.82, 2.24) is 14.8 Å². The van der Waals surface area contributed by atoms with Crippen LogP contribution in [0.3, 0.4) is 0 Å². The molecule has 0 saturated heterocycles. The van der Waals surface area contributed by atoms with Gasteiger partial charge in [-0.1, -0.05) is 0 Å². The highest BCUT2D eigenvalue weighted by Gasteiger charge is 2.20. The van der Waals surface area contributed by atoms with E-state index in [-0.39, 0.29) is 11.9 Å². The van der Waals surface area contributed by atoms with Gasteiger partial charge in [0.1, 0.15) is 0 Å². The molecule has 1 unspecified atom stereocenters. The van der Waals surface area contributed by atoms with Crippen LogP contribution in [0.5, 0.6) is 0 Å². The monoisotopic (exact) mass is 298 g/mol. The molecule has 20 heavy (non-hydrogen) atoms. The number of amides is 1. The second-order valence-corrected chi connectivity index (χ2v) is 5.88. The number of thiazole rings is 1. The third-order valence-electron chi connectivity index (χ3n) is 3.66. The summed E-state index contributed by atoms with van der Waals surface area (Å²) in [7, 11) is 2.02. The van der Waals surface area contributed by atoms with Gasteiger partial charge in [0.05, 0.1) is 11.2 Å². The standard InChI is InChI=1S/C14H26N4OS/c1-5-18(6-2)14(19)7-12(8-15)17(4)9-13-11(3)16-10-20-13/h10,12H,5-9,15H2,1-4H3. The molecule has 0 saturated carbocycles. The van der Waals surface area contributed by atoms with E-state index in [2.05, 4.69) is 9.88 Å². The average molecular weight is 298 g/mol. The number of carbonyl (C=O) groups excluding carboxylic acids is 1. The molecule has 2 N–H and O–H groups in total. The Morgan fingerprint density at radius 2 is 2.10 bits per heavy atom. The molecular weight excluding hydrogens is 272 g/mol. The molecule has 1 amide bonds. The smallest absolute Gasteiger partial charge is 0.224 e. The van der Waals surface area contributed by atoms with Crippen molar-refractivity contribution in [2.75, 3.05) is 26.7 Å². The van der Waals surface area contributed by atoms with Crippen LogP contribution in [0.2, 0.25) is 0 Å². The lowest BCUT2D eigenvalue weighted by Gasteiger charge is -2.28. The fraction of sp³-hybridized carbons (Fsp3) is 0.714. The van der Waals surface area contributed by atoms with Crippen molar-refractivity contribution in [1.29, 1.82) is 0 Å². The number of hydrogen-bond acceptors (Lipinski definition) is 5.